The Kier molecular flexibility index (Phi) is 5.96. The van der Waals surface area contributed by atoms with Gasteiger partial charge in [0.2, 0.25) is 0 Å². The van der Waals surface area contributed by atoms with Crippen LogP contribution in [0.5, 0.6) is 11.5 Å². The van der Waals surface area contributed by atoms with Gasteiger partial charge in [-0.1, -0.05) is 18.2 Å². The van der Waals surface area contributed by atoms with E-state index in [9.17, 15) is 14.3 Å². The Balaban J connectivity index is 1.96. The Labute approximate surface area is 158 Å². The molecule has 6 heteroatoms. The molecule has 1 saturated heterocycles. The lowest BCUT2D eigenvalue weighted by Crippen LogP contribution is -2.39. The summed E-state index contributed by atoms with van der Waals surface area (Å²) >= 11 is 0. The number of piperidine rings is 1. The molecular formula is C21H24FNO4. The summed E-state index contributed by atoms with van der Waals surface area (Å²) in [6.45, 7) is 1.26. The third kappa shape index (κ3) is 4.22. The fourth-order valence-electron chi connectivity index (χ4n) is 3.68. The maximum atomic E-state index is 14.4. The number of hydrogen-bond acceptors (Lipinski definition) is 4. The number of carboxylic acid groups (broad SMARTS) is 1. The molecule has 0 radical (unpaired) electrons. The molecule has 0 bridgehead atoms. The summed E-state index contributed by atoms with van der Waals surface area (Å²) in [5.41, 5.74) is 1.78. The summed E-state index contributed by atoms with van der Waals surface area (Å²) < 4.78 is 24.7. The standard InChI is InChI=1S/C21H24FNO4/c1-26-17-5-3-4-15(12-17)20(16-6-7-19(27-2)18(22)13-16)23-10-8-14(9-11-23)21(24)25/h3-7,12-14,20H,8-11H2,1-2H3,(H,24,25). The molecule has 1 aliphatic rings. The first-order valence-electron chi connectivity index (χ1n) is 8.97. The minimum absolute atomic E-state index is 0.185. The predicted molar refractivity (Wildman–Crippen MR) is 99.7 cm³/mol. The quantitative estimate of drug-likeness (QED) is 0.836. The van der Waals surface area contributed by atoms with Crippen molar-refractivity contribution >= 4 is 5.97 Å². The second kappa shape index (κ2) is 8.39. The zero-order chi connectivity index (χ0) is 19.4. The summed E-state index contributed by atoms with van der Waals surface area (Å²) in [5, 5.41) is 9.26. The van der Waals surface area contributed by atoms with E-state index in [1.807, 2.05) is 30.3 Å². The van der Waals surface area contributed by atoms with Gasteiger partial charge in [-0.25, -0.2) is 4.39 Å². The number of ether oxygens (including phenoxy) is 2. The van der Waals surface area contributed by atoms with Crippen LogP contribution in [0.3, 0.4) is 0 Å². The van der Waals surface area contributed by atoms with Gasteiger partial charge in [0.1, 0.15) is 5.75 Å². The zero-order valence-electron chi connectivity index (χ0n) is 15.5. The van der Waals surface area contributed by atoms with E-state index >= 15 is 0 Å². The van der Waals surface area contributed by atoms with Crippen molar-refractivity contribution < 1.29 is 23.8 Å². The first-order valence-corrected chi connectivity index (χ1v) is 8.97. The number of carboxylic acids is 1. The number of nitrogens with zero attached hydrogens (tertiary/aromatic N) is 1. The minimum Gasteiger partial charge on any atom is -0.497 e. The molecular weight excluding hydrogens is 349 g/mol. The van der Waals surface area contributed by atoms with Crippen LogP contribution in [0, 0.1) is 11.7 Å². The lowest BCUT2D eigenvalue weighted by atomic mass is 9.91. The molecule has 1 N–H and O–H groups in total. The minimum atomic E-state index is -0.747. The van der Waals surface area contributed by atoms with E-state index in [1.165, 1.54) is 13.2 Å². The lowest BCUT2D eigenvalue weighted by Gasteiger charge is -2.37. The van der Waals surface area contributed by atoms with Gasteiger partial charge >= 0.3 is 5.97 Å². The van der Waals surface area contributed by atoms with Crippen LogP contribution in [0.4, 0.5) is 4.39 Å². The molecule has 0 saturated carbocycles. The van der Waals surface area contributed by atoms with Gasteiger partial charge in [0, 0.05) is 0 Å². The summed E-state index contributed by atoms with van der Waals surface area (Å²) in [6, 6.07) is 12.5. The Bertz CT molecular complexity index is 803. The molecule has 0 aliphatic carbocycles. The van der Waals surface area contributed by atoms with Crippen molar-refractivity contribution in [3.63, 3.8) is 0 Å². The van der Waals surface area contributed by atoms with Crippen LogP contribution in [0.2, 0.25) is 0 Å². The van der Waals surface area contributed by atoms with Gasteiger partial charge in [0.05, 0.1) is 26.2 Å². The van der Waals surface area contributed by atoms with E-state index in [-0.39, 0.29) is 17.7 Å². The van der Waals surface area contributed by atoms with Crippen molar-refractivity contribution in [3.8, 4) is 11.5 Å². The van der Waals surface area contributed by atoms with E-state index < -0.39 is 11.8 Å². The van der Waals surface area contributed by atoms with Gasteiger partial charge in [0.15, 0.2) is 11.6 Å². The SMILES string of the molecule is COc1cccc(C(c2ccc(OC)c(F)c2)N2CCC(C(=O)O)CC2)c1. The fraction of sp³-hybridized carbons (Fsp3) is 0.381. The second-order valence-corrected chi connectivity index (χ2v) is 6.72. The molecule has 1 atom stereocenters. The Hall–Kier alpha value is -2.60. The molecule has 1 aliphatic heterocycles. The van der Waals surface area contributed by atoms with Crippen LogP contribution in [0.1, 0.15) is 30.0 Å². The van der Waals surface area contributed by atoms with Crippen molar-refractivity contribution in [1.29, 1.82) is 0 Å². The molecule has 27 heavy (non-hydrogen) atoms. The number of rotatable bonds is 6. The van der Waals surface area contributed by atoms with E-state index in [0.717, 1.165) is 16.9 Å². The first kappa shape index (κ1) is 19.2. The van der Waals surface area contributed by atoms with Gasteiger partial charge < -0.3 is 14.6 Å². The van der Waals surface area contributed by atoms with Gasteiger partial charge in [-0.05, 0) is 61.3 Å². The second-order valence-electron chi connectivity index (χ2n) is 6.72. The highest BCUT2D eigenvalue weighted by Crippen LogP contribution is 2.35. The van der Waals surface area contributed by atoms with Crippen molar-refractivity contribution in [2.75, 3.05) is 27.3 Å². The molecule has 2 aromatic carbocycles. The molecule has 1 heterocycles. The Morgan fingerprint density at radius 3 is 2.41 bits per heavy atom. The summed E-state index contributed by atoms with van der Waals surface area (Å²) in [6.07, 6.45) is 1.16. The van der Waals surface area contributed by atoms with Crippen LogP contribution in [0.15, 0.2) is 42.5 Å². The molecule has 3 rings (SSSR count). The van der Waals surface area contributed by atoms with Gasteiger partial charge in [0.25, 0.3) is 0 Å². The zero-order valence-corrected chi connectivity index (χ0v) is 15.5. The van der Waals surface area contributed by atoms with Crippen molar-refractivity contribution in [2.45, 2.75) is 18.9 Å². The van der Waals surface area contributed by atoms with E-state index in [2.05, 4.69) is 4.90 Å². The number of hydrogen-bond donors (Lipinski definition) is 1. The molecule has 1 unspecified atom stereocenters. The molecule has 2 aromatic rings. The number of carbonyl (C=O) groups is 1. The summed E-state index contributed by atoms with van der Waals surface area (Å²) in [4.78, 5) is 13.5. The number of benzene rings is 2. The maximum absolute atomic E-state index is 14.4. The van der Waals surface area contributed by atoms with Crippen LogP contribution in [-0.4, -0.2) is 43.3 Å². The number of methoxy groups -OCH3 is 2. The van der Waals surface area contributed by atoms with E-state index in [1.54, 1.807) is 13.2 Å². The number of likely N-dealkylation sites (tertiary alicyclic amines) is 1. The highest BCUT2D eigenvalue weighted by atomic mass is 19.1. The third-order valence-corrected chi connectivity index (χ3v) is 5.15. The monoisotopic (exact) mass is 373 g/mol. The Morgan fingerprint density at radius 1 is 1.11 bits per heavy atom. The van der Waals surface area contributed by atoms with Crippen molar-refractivity contribution in [1.82, 2.24) is 4.90 Å². The Morgan fingerprint density at radius 2 is 1.81 bits per heavy atom. The molecule has 1 fully saturated rings. The average Bonchev–Trinajstić information content (AvgIpc) is 2.69. The van der Waals surface area contributed by atoms with Gasteiger partial charge in [-0.2, -0.15) is 0 Å². The predicted octanol–water partition coefficient (Wildman–Crippen LogP) is 3.73. The molecule has 0 amide bonds. The smallest absolute Gasteiger partial charge is 0.306 e. The normalized spacial score (nSPS) is 16.7. The maximum Gasteiger partial charge on any atom is 0.306 e. The molecule has 0 spiro atoms. The molecule has 0 aromatic heterocycles. The summed E-state index contributed by atoms with van der Waals surface area (Å²) in [7, 11) is 3.05. The van der Waals surface area contributed by atoms with E-state index in [0.29, 0.717) is 25.9 Å². The summed E-state index contributed by atoms with van der Waals surface area (Å²) in [5.74, 6) is -0.550. The third-order valence-electron chi connectivity index (χ3n) is 5.15. The average molecular weight is 373 g/mol. The van der Waals surface area contributed by atoms with Crippen molar-refractivity contribution in [2.24, 2.45) is 5.92 Å². The largest absolute Gasteiger partial charge is 0.497 e. The van der Waals surface area contributed by atoms with Gasteiger partial charge in [-0.3, -0.25) is 9.69 Å². The highest BCUT2D eigenvalue weighted by molar-refractivity contribution is 5.70. The number of aliphatic carboxylic acids is 1. The van der Waals surface area contributed by atoms with Crippen LogP contribution in [-0.2, 0) is 4.79 Å². The van der Waals surface area contributed by atoms with Crippen LogP contribution < -0.4 is 9.47 Å². The first-order chi connectivity index (χ1) is 13.0. The topological polar surface area (TPSA) is 59.0 Å². The lowest BCUT2D eigenvalue weighted by molar-refractivity contribution is -0.143. The van der Waals surface area contributed by atoms with E-state index in [4.69, 9.17) is 9.47 Å². The van der Waals surface area contributed by atoms with Crippen LogP contribution >= 0.6 is 0 Å². The van der Waals surface area contributed by atoms with Crippen molar-refractivity contribution in [3.05, 3.63) is 59.4 Å². The fourth-order valence-corrected chi connectivity index (χ4v) is 3.68. The molecule has 144 valence electrons. The van der Waals surface area contributed by atoms with Gasteiger partial charge in [-0.15, -0.1) is 0 Å². The molecule has 5 nitrogen and oxygen atoms in total. The number of halogens is 1. The highest BCUT2D eigenvalue weighted by Gasteiger charge is 2.30. The van der Waals surface area contributed by atoms with Crippen LogP contribution in [0.25, 0.3) is 0 Å².